The molecule has 2 heterocycles. The molecule has 0 amide bonds. The number of aromatic amines is 2. The van der Waals surface area contributed by atoms with Gasteiger partial charge in [0, 0.05) is 7.05 Å². The molecule has 78 valence electrons. The number of fused-ring (bicyclic) bond motifs is 1. The van der Waals surface area contributed by atoms with Crippen LogP contribution in [-0.2, 0) is 7.05 Å². The SMILES string of the molecule is Cn1c(=O)c(Br)cc2[nH]c(=O)[nH]c(=O)c21. The molecule has 0 radical (unpaired) electrons. The van der Waals surface area contributed by atoms with Crippen LogP contribution in [0.4, 0.5) is 0 Å². The third-order valence-corrected chi connectivity index (χ3v) is 2.63. The van der Waals surface area contributed by atoms with E-state index in [9.17, 15) is 14.4 Å². The summed E-state index contributed by atoms with van der Waals surface area (Å²) in [5.41, 5.74) is -1.06. The molecule has 0 aromatic carbocycles. The molecule has 0 saturated heterocycles. The Hall–Kier alpha value is -1.63. The Morgan fingerprint density at radius 2 is 1.93 bits per heavy atom. The molecule has 0 aliphatic heterocycles. The molecule has 2 N–H and O–H groups in total. The van der Waals surface area contributed by atoms with E-state index in [0.717, 1.165) is 0 Å². The third kappa shape index (κ3) is 1.44. The van der Waals surface area contributed by atoms with Gasteiger partial charge in [-0.25, -0.2) is 4.79 Å². The monoisotopic (exact) mass is 271 g/mol. The van der Waals surface area contributed by atoms with Gasteiger partial charge in [-0.3, -0.25) is 14.6 Å². The van der Waals surface area contributed by atoms with Crippen molar-refractivity contribution >= 4 is 27.0 Å². The summed E-state index contributed by atoms with van der Waals surface area (Å²) in [5, 5.41) is 0. The zero-order valence-corrected chi connectivity index (χ0v) is 9.21. The number of H-pyrrole nitrogens is 2. The minimum absolute atomic E-state index is 0.141. The second-order valence-corrected chi connectivity index (χ2v) is 3.88. The molecule has 0 spiro atoms. The fourth-order valence-corrected chi connectivity index (χ4v) is 1.88. The van der Waals surface area contributed by atoms with Gasteiger partial charge in [-0.15, -0.1) is 0 Å². The van der Waals surface area contributed by atoms with Crippen molar-refractivity contribution in [2.24, 2.45) is 7.05 Å². The Morgan fingerprint density at radius 3 is 2.60 bits per heavy atom. The number of hydrogen-bond acceptors (Lipinski definition) is 3. The average molecular weight is 272 g/mol. The van der Waals surface area contributed by atoms with Crippen LogP contribution in [0.15, 0.2) is 24.9 Å². The van der Waals surface area contributed by atoms with E-state index in [2.05, 4.69) is 25.9 Å². The van der Waals surface area contributed by atoms with Crippen LogP contribution in [0.2, 0.25) is 0 Å². The lowest BCUT2D eigenvalue weighted by atomic mass is 10.3. The van der Waals surface area contributed by atoms with Crippen molar-refractivity contribution in [2.45, 2.75) is 0 Å². The first-order chi connectivity index (χ1) is 7.00. The highest BCUT2D eigenvalue weighted by molar-refractivity contribution is 9.10. The summed E-state index contributed by atoms with van der Waals surface area (Å²) in [6, 6.07) is 1.41. The van der Waals surface area contributed by atoms with Crippen molar-refractivity contribution in [2.75, 3.05) is 0 Å². The van der Waals surface area contributed by atoms with Crippen LogP contribution in [-0.4, -0.2) is 14.5 Å². The topological polar surface area (TPSA) is 87.7 Å². The summed E-state index contributed by atoms with van der Waals surface area (Å²) in [7, 11) is 1.46. The van der Waals surface area contributed by atoms with E-state index < -0.39 is 11.2 Å². The number of halogens is 1. The predicted molar refractivity (Wildman–Crippen MR) is 58.1 cm³/mol. The fourth-order valence-electron chi connectivity index (χ4n) is 1.39. The molecule has 0 aliphatic rings. The van der Waals surface area contributed by atoms with Crippen molar-refractivity contribution in [3.05, 3.63) is 41.7 Å². The van der Waals surface area contributed by atoms with Crippen LogP contribution in [0.25, 0.3) is 11.0 Å². The van der Waals surface area contributed by atoms with Crippen molar-refractivity contribution in [1.29, 1.82) is 0 Å². The zero-order valence-electron chi connectivity index (χ0n) is 7.63. The van der Waals surface area contributed by atoms with Gasteiger partial charge in [0.15, 0.2) is 0 Å². The lowest BCUT2D eigenvalue weighted by molar-refractivity contribution is 0.878. The number of nitrogens with zero attached hydrogens (tertiary/aromatic N) is 1. The molecule has 0 bridgehead atoms. The predicted octanol–water partition coefficient (Wildman–Crippen LogP) is -0.322. The van der Waals surface area contributed by atoms with Crippen LogP contribution in [0, 0.1) is 0 Å². The maximum absolute atomic E-state index is 11.5. The molecule has 0 unspecified atom stereocenters. The van der Waals surface area contributed by atoms with E-state index >= 15 is 0 Å². The second kappa shape index (κ2) is 3.20. The van der Waals surface area contributed by atoms with Crippen LogP contribution in [0.1, 0.15) is 0 Å². The summed E-state index contributed by atoms with van der Waals surface area (Å²) in [4.78, 5) is 38.4. The third-order valence-electron chi connectivity index (χ3n) is 2.06. The van der Waals surface area contributed by atoms with Crippen molar-refractivity contribution < 1.29 is 0 Å². The first-order valence-corrected chi connectivity index (χ1v) is 4.82. The van der Waals surface area contributed by atoms with Crippen molar-refractivity contribution in [3.8, 4) is 0 Å². The Morgan fingerprint density at radius 1 is 1.27 bits per heavy atom. The Bertz CT molecular complexity index is 710. The summed E-state index contributed by atoms with van der Waals surface area (Å²) in [6.07, 6.45) is 0. The van der Waals surface area contributed by atoms with Gasteiger partial charge in [0.1, 0.15) is 5.52 Å². The maximum Gasteiger partial charge on any atom is 0.326 e. The first-order valence-electron chi connectivity index (χ1n) is 4.02. The van der Waals surface area contributed by atoms with Gasteiger partial charge < -0.3 is 9.55 Å². The molecule has 7 heteroatoms. The van der Waals surface area contributed by atoms with Gasteiger partial charge in [-0.05, 0) is 22.0 Å². The minimum Gasteiger partial charge on any atom is -0.305 e. The van der Waals surface area contributed by atoms with Gasteiger partial charge >= 0.3 is 5.69 Å². The molecule has 0 aliphatic carbocycles. The van der Waals surface area contributed by atoms with Gasteiger partial charge in [-0.2, -0.15) is 0 Å². The molecule has 0 fully saturated rings. The first kappa shape index (κ1) is 9.91. The number of aromatic nitrogens is 3. The molecule has 6 nitrogen and oxygen atoms in total. The molecule has 0 atom stereocenters. The number of aryl methyl sites for hydroxylation is 1. The van der Waals surface area contributed by atoms with E-state index in [1.165, 1.54) is 17.7 Å². The lowest BCUT2D eigenvalue weighted by Crippen LogP contribution is -2.29. The van der Waals surface area contributed by atoms with Crippen molar-refractivity contribution in [3.63, 3.8) is 0 Å². The van der Waals surface area contributed by atoms with E-state index in [-0.39, 0.29) is 11.1 Å². The molecule has 2 aromatic heterocycles. The van der Waals surface area contributed by atoms with Crippen LogP contribution in [0.3, 0.4) is 0 Å². The molecular weight excluding hydrogens is 266 g/mol. The number of pyridine rings is 1. The van der Waals surface area contributed by atoms with Gasteiger partial charge in [0.2, 0.25) is 0 Å². The Kier molecular flexibility index (Phi) is 2.11. The van der Waals surface area contributed by atoms with Crippen LogP contribution < -0.4 is 16.8 Å². The standard InChI is InChI=1S/C8H6BrN3O3/c1-12-5-4(2-3(9)7(12)14)10-8(15)11-6(5)13/h2H,1H3,(H2,10,11,13,15). The van der Waals surface area contributed by atoms with E-state index in [4.69, 9.17) is 0 Å². The fraction of sp³-hybridized carbons (Fsp3) is 0.125. The van der Waals surface area contributed by atoms with E-state index in [0.29, 0.717) is 9.99 Å². The summed E-state index contributed by atoms with van der Waals surface area (Å²) >= 11 is 3.05. The van der Waals surface area contributed by atoms with Crippen LogP contribution >= 0.6 is 15.9 Å². The van der Waals surface area contributed by atoms with Crippen LogP contribution in [0.5, 0.6) is 0 Å². The highest BCUT2D eigenvalue weighted by Gasteiger charge is 2.08. The molecule has 2 aromatic rings. The van der Waals surface area contributed by atoms with Gasteiger partial charge in [0.25, 0.3) is 11.1 Å². The Labute approximate surface area is 90.7 Å². The number of hydrogen-bond donors (Lipinski definition) is 2. The number of rotatable bonds is 0. The normalized spacial score (nSPS) is 10.8. The summed E-state index contributed by atoms with van der Waals surface area (Å²) in [5.74, 6) is 0. The quantitative estimate of drug-likeness (QED) is 0.688. The Balaban J connectivity index is 3.20. The zero-order chi connectivity index (χ0) is 11.2. The molecule has 2 rings (SSSR count). The van der Waals surface area contributed by atoms with E-state index in [1.54, 1.807) is 0 Å². The molecular formula is C8H6BrN3O3. The smallest absolute Gasteiger partial charge is 0.305 e. The number of nitrogens with one attached hydrogen (secondary N) is 2. The summed E-state index contributed by atoms with van der Waals surface area (Å²) < 4.78 is 1.47. The van der Waals surface area contributed by atoms with Gasteiger partial charge in [0.05, 0.1) is 9.99 Å². The molecule has 15 heavy (non-hydrogen) atoms. The summed E-state index contributed by atoms with van der Waals surface area (Å²) in [6.45, 7) is 0. The maximum atomic E-state index is 11.5. The van der Waals surface area contributed by atoms with E-state index in [1.807, 2.05) is 0 Å². The average Bonchev–Trinajstić information content (AvgIpc) is 2.13. The lowest BCUT2D eigenvalue weighted by Gasteiger charge is -2.03. The molecule has 0 saturated carbocycles. The highest BCUT2D eigenvalue weighted by Crippen LogP contribution is 2.08. The largest absolute Gasteiger partial charge is 0.326 e. The second-order valence-electron chi connectivity index (χ2n) is 3.03. The van der Waals surface area contributed by atoms with Gasteiger partial charge in [-0.1, -0.05) is 0 Å². The minimum atomic E-state index is -0.599. The van der Waals surface area contributed by atoms with Crippen molar-refractivity contribution in [1.82, 2.24) is 14.5 Å². The highest BCUT2D eigenvalue weighted by atomic mass is 79.9.